The van der Waals surface area contributed by atoms with Gasteiger partial charge in [-0.25, -0.2) is 4.39 Å². The van der Waals surface area contributed by atoms with E-state index >= 15 is 0 Å². The minimum atomic E-state index is -0.428. The zero-order valence-corrected chi connectivity index (χ0v) is 13.7. The number of nitrogens with zero attached hydrogens (tertiary/aromatic N) is 1. The molecule has 102 valence electrons. The van der Waals surface area contributed by atoms with Crippen LogP contribution in [-0.2, 0) is 0 Å². The Hall–Kier alpha value is -0.880. The van der Waals surface area contributed by atoms with E-state index in [0.29, 0.717) is 25.5 Å². The first-order valence-electron chi connectivity index (χ1n) is 5.53. The van der Waals surface area contributed by atoms with E-state index in [2.05, 4.69) is 20.9 Å². The molecular formula is C13H6BrCl2FN2S. The van der Waals surface area contributed by atoms with E-state index in [1.807, 2.05) is 12.1 Å². The van der Waals surface area contributed by atoms with Gasteiger partial charge >= 0.3 is 0 Å². The molecule has 0 aliphatic carbocycles. The number of halogens is 4. The second-order valence-electron chi connectivity index (χ2n) is 4.12. The van der Waals surface area contributed by atoms with E-state index in [-0.39, 0.29) is 5.02 Å². The highest BCUT2D eigenvalue weighted by molar-refractivity contribution is 9.10. The van der Waals surface area contributed by atoms with Crippen molar-refractivity contribution in [2.24, 2.45) is 0 Å². The summed E-state index contributed by atoms with van der Waals surface area (Å²) in [7, 11) is 0. The molecule has 2 aromatic carbocycles. The van der Waals surface area contributed by atoms with Crippen molar-refractivity contribution in [3.05, 3.63) is 55.4 Å². The summed E-state index contributed by atoms with van der Waals surface area (Å²) in [5, 5.41) is 0.774. The first-order valence-corrected chi connectivity index (χ1v) is 7.49. The average Bonchev–Trinajstić information content (AvgIpc) is 2.66. The second-order valence-corrected chi connectivity index (χ2v) is 6.18. The lowest BCUT2D eigenvalue weighted by Gasteiger charge is -2.10. The Morgan fingerprint density at radius 1 is 1.20 bits per heavy atom. The fourth-order valence-electron chi connectivity index (χ4n) is 2.08. The summed E-state index contributed by atoms with van der Waals surface area (Å²) in [5.41, 5.74) is 2.04. The van der Waals surface area contributed by atoms with Crippen molar-refractivity contribution in [1.82, 2.24) is 9.55 Å². The maximum absolute atomic E-state index is 13.4. The van der Waals surface area contributed by atoms with Gasteiger partial charge in [0, 0.05) is 4.47 Å². The highest BCUT2D eigenvalue weighted by Crippen LogP contribution is 2.34. The summed E-state index contributed by atoms with van der Waals surface area (Å²) in [6.07, 6.45) is 0. The number of H-pyrrole nitrogens is 1. The van der Waals surface area contributed by atoms with Crippen molar-refractivity contribution in [1.29, 1.82) is 0 Å². The Labute approximate surface area is 137 Å². The van der Waals surface area contributed by atoms with Gasteiger partial charge in [-0.3, -0.25) is 4.57 Å². The zero-order valence-electron chi connectivity index (χ0n) is 9.75. The molecule has 20 heavy (non-hydrogen) atoms. The number of nitrogens with one attached hydrogen (secondary N) is 1. The summed E-state index contributed by atoms with van der Waals surface area (Å²) in [4.78, 5) is 3.06. The summed E-state index contributed by atoms with van der Waals surface area (Å²) in [6.45, 7) is 0. The minimum Gasteiger partial charge on any atom is -0.330 e. The Balaban J connectivity index is 2.48. The molecule has 2 nitrogen and oxygen atoms in total. The largest absolute Gasteiger partial charge is 0.330 e. The monoisotopic (exact) mass is 390 g/mol. The maximum Gasteiger partial charge on any atom is 0.182 e. The Morgan fingerprint density at radius 3 is 2.65 bits per heavy atom. The third-order valence-electron chi connectivity index (χ3n) is 2.86. The van der Waals surface area contributed by atoms with E-state index < -0.39 is 5.82 Å². The molecule has 1 N–H and O–H groups in total. The number of rotatable bonds is 1. The lowest BCUT2D eigenvalue weighted by molar-refractivity contribution is 0.626. The molecule has 0 spiro atoms. The second kappa shape index (κ2) is 5.15. The van der Waals surface area contributed by atoms with Crippen LogP contribution in [-0.4, -0.2) is 9.55 Å². The van der Waals surface area contributed by atoms with Gasteiger partial charge in [-0.15, -0.1) is 0 Å². The average molecular weight is 392 g/mol. The molecule has 0 bridgehead atoms. The van der Waals surface area contributed by atoms with Crippen molar-refractivity contribution in [2.45, 2.75) is 0 Å². The molecule has 0 aliphatic heterocycles. The molecule has 0 aliphatic rings. The van der Waals surface area contributed by atoms with Crippen LogP contribution in [0.1, 0.15) is 0 Å². The van der Waals surface area contributed by atoms with Gasteiger partial charge in [0.1, 0.15) is 5.82 Å². The van der Waals surface area contributed by atoms with Crippen LogP contribution < -0.4 is 0 Å². The SMILES string of the molecule is Fc1cc(Cl)c(-n2c(=S)[nH]c3cccc(Cl)c32)c(Br)c1. The molecule has 0 saturated heterocycles. The van der Waals surface area contributed by atoms with Crippen LogP contribution in [0.2, 0.25) is 10.0 Å². The van der Waals surface area contributed by atoms with Gasteiger partial charge in [0.2, 0.25) is 0 Å². The van der Waals surface area contributed by atoms with Crippen molar-refractivity contribution in [3.63, 3.8) is 0 Å². The quantitative estimate of drug-likeness (QED) is 0.512. The van der Waals surface area contributed by atoms with Gasteiger partial charge in [-0.05, 0) is 52.4 Å². The standard InChI is InChI=1S/C13H6BrCl2FN2S/c14-7-4-6(17)5-9(16)11(7)19-12-8(15)2-1-3-10(12)18-13(19)20/h1-5H,(H,18,20). The molecule has 1 heterocycles. The highest BCUT2D eigenvalue weighted by atomic mass is 79.9. The first-order chi connectivity index (χ1) is 9.49. The number of hydrogen-bond donors (Lipinski definition) is 1. The molecule has 7 heteroatoms. The van der Waals surface area contributed by atoms with E-state index in [0.717, 1.165) is 5.52 Å². The minimum absolute atomic E-state index is 0.244. The van der Waals surface area contributed by atoms with Crippen LogP contribution in [0.25, 0.3) is 16.7 Å². The smallest absolute Gasteiger partial charge is 0.182 e. The molecular weight excluding hydrogens is 386 g/mol. The third kappa shape index (κ3) is 2.19. The fourth-order valence-corrected chi connectivity index (χ4v) is 3.64. The lowest BCUT2D eigenvalue weighted by Crippen LogP contribution is -1.98. The zero-order chi connectivity index (χ0) is 14.4. The maximum atomic E-state index is 13.4. The first kappa shape index (κ1) is 14.1. The summed E-state index contributed by atoms with van der Waals surface area (Å²) in [6, 6.07) is 8.01. The van der Waals surface area contributed by atoms with E-state index in [1.165, 1.54) is 12.1 Å². The van der Waals surface area contributed by atoms with Gasteiger partial charge in [0.05, 0.1) is 26.8 Å². The van der Waals surface area contributed by atoms with Crippen LogP contribution in [0.3, 0.4) is 0 Å². The molecule has 0 atom stereocenters. The fraction of sp³-hybridized carbons (Fsp3) is 0. The van der Waals surface area contributed by atoms with Gasteiger partial charge in [0.15, 0.2) is 4.77 Å². The molecule has 0 saturated carbocycles. The summed E-state index contributed by atoms with van der Waals surface area (Å²) >= 11 is 21.0. The Bertz CT molecular complexity index is 865. The summed E-state index contributed by atoms with van der Waals surface area (Å²) in [5.74, 6) is -0.428. The highest BCUT2D eigenvalue weighted by Gasteiger charge is 2.16. The van der Waals surface area contributed by atoms with Gasteiger partial charge in [0.25, 0.3) is 0 Å². The van der Waals surface area contributed by atoms with Crippen molar-refractivity contribution >= 4 is 62.4 Å². The van der Waals surface area contributed by atoms with Crippen molar-refractivity contribution in [3.8, 4) is 5.69 Å². The van der Waals surface area contributed by atoms with Gasteiger partial charge < -0.3 is 4.98 Å². The van der Waals surface area contributed by atoms with E-state index in [9.17, 15) is 4.39 Å². The van der Waals surface area contributed by atoms with Crippen LogP contribution in [0.4, 0.5) is 4.39 Å². The molecule has 0 fully saturated rings. The topological polar surface area (TPSA) is 20.7 Å². The van der Waals surface area contributed by atoms with Gasteiger partial charge in [-0.2, -0.15) is 0 Å². The lowest BCUT2D eigenvalue weighted by atomic mass is 10.2. The van der Waals surface area contributed by atoms with E-state index in [1.54, 1.807) is 10.6 Å². The number of fused-ring (bicyclic) bond motifs is 1. The molecule has 0 unspecified atom stereocenters. The van der Waals surface area contributed by atoms with E-state index in [4.69, 9.17) is 35.4 Å². The predicted octanol–water partition coefficient (Wildman–Crippen LogP) is 5.90. The third-order valence-corrected chi connectivity index (χ3v) is 4.34. The number of imidazole rings is 1. The van der Waals surface area contributed by atoms with Crippen LogP contribution in [0, 0.1) is 10.6 Å². The molecule has 1 aromatic heterocycles. The number of benzene rings is 2. The molecule has 0 radical (unpaired) electrons. The molecule has 0 amide bonds. The number of aromatic nitrogens is 2. The Morgan fingerprint density at radius 2 is 1.95 bits per heavy atom. The number of hydrogen-bond acceptors (Lipinski definition) is 1. The predicted molar refractivity (Wildman–Crippen MR) is 86.1 cm³/mol. The van der Waals surface area contributed by atoms with Crippen LogP contribution >= 0.6 is 51.3 Å². The van der Waals surface area contributed by atoms with Crippen LogP contribution in [0.5, 0.6) is 0 Å². The molecule has 3 aromatic rings. The van der Waals surface area contributed by atoms with Crippen LogP contribution in [0.15, 0.2) is 34.8 Å². The summed E-state index contributed by atoms with van der Waals surface area (Å²) < 4.78 is 16.0. The number of para-hydroxylation sites is 1. The van der Waals surface area contributed by atoms with Gasteiger partial charge in [-0.1, -0.05) is 29.3 Å². The molecule has 3 rings (SSSR count). The Kier molecular flexibility index (Phi) is 3.62. The normalized spacial score (nSPS) is 11.2. The van der Waals surface area contributed by atoms with Crippen molar-refractivity contribution in [2.75, 3.05) is 0 Å². The number of aromatic amines is 1. The van der Waals surface area contributed by atoms with Crippen molar-refractivity contribution < 1.29 is 4.39 Å².